The SMILES string of the molecule is Cc1nc(Cl)c(/C=C/C(=O)NS(=O)(=O)C=Cc2ccccc2)n1Cc1ccc(OCC2CCCC2)cc1Cl. The van der Waals surface area contributed by atoms with E-state index in [4.69, 9.17) is 27.9 Å². The van der Waals surface area contributed by atoms with Gasteiger partial charge in [-0.25, -0.2) is 18.1 Å². The van der Waals surface area contributed by atoms with E-state index in [2.05, 4.69) is 4.98 Å². The van der Waals surface area contributed by atoms with Crippen molar-refractivity contribution < 1.29 is 17.9 Å². The molecule has 1 aliphatic rings. The fraction of sp³-hybridized carbons (Fsp3) is 0.286. The number of halogens is 2. The molecule has 0 aliphatic heterocycles. The van der Waals surface area contributed by atoms with Gasteiger partial charge in [-0.15, -0.1) is 0 Å². The molecule has 200 valence electrons. The van der Waals surface area contributed by atoms with Crippen LogP contribution in [0.3, 0.4) is 0 Å². The third kappa shape index (κ3) is 7.72. The first-order chi connectivity index (χ1) is 18.2. The lowest BCUT2D eigenvalue weighted by molar-refractivity contribution is -0.114. The number of ether oxygens (including phenoxy) is 1. The molecular weight excluding hydrogens is 545 g/mol. The van der Waals surface area contributed by atoms with Crippen LogP contribution in [0.25, 0.3) is 12.2 Å². The summed E-state index contributed by atoms with van der Waals surface area (Å²) in [6.07, 6.45) is 8.88. The molecule has 10 heteroatoms. The number of nitrogens with zero attached hydrogens (tertiary/aromatic N) is 2. The standard InChI is InChI=1S/C28H29Cl2N3O4S/c1-20-31-28(30)26(13-14-27(34)32-38(35,36)16-15-21-7-3-2-4-8-21)33(20)18-23-11-12-24(17-25(23)29)37-19-22-9-5-6-10-22/h2-4,7-8,11-17,22H,5-6,9-10,18-19H2,1H3,(H,32,34)/b14-13+,16-15?. The van der Waals surface area contributed by atoms with Crippen molar-refractivity contribution in [1.29, 1.82) is 0 Å². The van der Waals surface area contributed by atoms with Gasteiger partial charge in [0.2, 0.25) is 0 Å². The van der Waals surface area contributed by atoms with Crippen LogP contribution in [0.5, 0.6) is 5.75 Å². The summed E-state index contributed by atoms with van der Waals surface area (Å²) in [6.45, 7) is 2.84. The van der Waals surface area contributed by atoms with E-state index in [-0.39, 0.29) is 5.15 Å². The summed E-state index contributed by atoms with van der Waals surface area (Å²) in [5.41, 5.74) is 1.97. The van der Waals surface area contributed by atoms with Crippen molar-refractivity contribution in [3.63, 3.8) is 0 Å². The number of rotatable bonds is 10. The number of carbonyl (C=O) groups is 1. The van der Waals surface area contributed by atoms with E-state index < -0.39 is 15.9 Å². The Balaban J connectivity index is 1.42. The van der Waals surface area contributed by atoms with Gasteiger partial charge in [-0.3, -0.25) is 4.79 Å². The van der Waals surface area contributed by atoms with E-state index in [1.807, 2.05) is 22.9 Å². The van der Waals surface area contributed by atoms with Crippen molar-refractivity contribution >= 4 is 51.3 Å². The highest BCUT2D eigenvalue weighted by atomic mass is 35.5. The van der Waals surface area contributed by atoms with Gasteiger partial charge in [0.1, 0.15) is 11.6 Å². The van der Waals surface area contributed by atoms with E-state index >= 15 is 0 Å². The smallest absolute Gasteiger partial charge is 0.257 e. The Morgan fingerprint density at radius 1 is 1.13 bits per heavy atom. The predicted octanol–water partition coefficient (Wildman–Crippen LogP) is 6.25. The zero-order valence-electron chi connectivity index (χ0n) is 20.9. The minimum Gasteiger partial charge on any atom is -0.493 e. The number of sulfonamides is 1. The van der Waals surface area contributed by atoms with Gasteiger partial charge in [0.15, 0.2) is 5.15 Å². The number of carbonyl (C=O) groups excluding carboxylic acids is 1. The molecule has 1 saturated carbocycles. The van der Waals surface area contributed by atoms with Crippen molar-refractivity contribution in [3.8, 4) is 5.75 Å². The fourth-order valence-corrected chi connectivity index (χ4v) is 5.58. The summed E-state index contributed by atoms with van der Waals surface area (Å²) in [5, 5.41) is 1.67. The average Bonchev–Trinajstić information content (AvgIpc) is 3.49. The lowest BCUT2D eigenvalue weighted by Crippen LogP contribution is -2.26. The molecule has 1 aliphatic carbocycles. The molecule has 1 N–H and O–H groups in total. The van der Waals surface area contributed by atoms with E-state index in [1.165, 1.54) is 37.8 Å². The maximum absolute atomic E-state index is 12.4. The minimum absolute atomic E-state index is 0.186. The van der Waals surface area contributed by atoms with Crippen molar-refractivity contribution in [3.05, 3.63) is 92.8 Å². The molecule has 2 aromatic carbocycles. The Bertz CT molecular complexity index is 1440. The third-order valence-electron chi connectivity index (χ3n) is 6.34. The first kappa shape index (κ1) is 28.0. The van der Waals surface area contributed by atoms with E-state index in [1.54, 1.807) is 41.8 Å². The number of nitrogens with one attached hydrogen (secondary N) is 1. The Labute approximate surface area is 233 Å². The Hall–Kier alpha value is -3.07. The number of aromatic nitrogens is 2. The number of benzene rings is 2. The van der Waals surface area contributed by atoms with Gasteiger partial charge >= 0.3 is 0 Å². The van der Waals surface area contributed by atoms with Crippen LogP contribution in [0.1, 0.15) is 48.3 Å². The van der Waals surface area contributed by atoms with Gasteiger partial charge in [-0.05, 0) is 61.1 Å². The lowest BCUT2D eigenvalue weighted by Gasteiger charge is -2.14. The molecule has 1 heterocycles. The Morgan fingerprint density at radius 3 is 2.58 bits per heavy atom. The number of hydrogen-bond acceptors (Lipinski definition) is 5. The highest BCUT2D eigenvalue weighted by Gasteiger charge is 2.17. The zero-order chi connectivity index (χ0) is 27.1. The number of aryl methyl sites for hydroxylation is 1. The first-order valence-corrected chi connectivity index (χ1v) is 14.6. The maximum atomic E-state index is 12.4. The van der Waals surface area contributed by atoms with Crippen LogP contribution in [-0.2, 0) is 21.4 Å². The second-order valence-corrected chi connectivity index (χ2v) is 11.5. The van der Waals surface area contributed by atoms with Crippen LogP contribution < -0.4 is 9.46 Å². The van der Waals surface area contributed by atoms with Crippen molar-refractivity contribution in [2.24, 2.45) is 5.92 Å². The number of hydrogen-bond donors (Lipinski definition) is 1. The Morgan fingerprint density at radius 2 is 1.87 bits per heavy atom. The molecular formula is C28H29Cl2N3O4S. The first-order valence-electron chi connectivity index (χ1n) is 12.3. The highest BCUT2D eigenvalue weighted by molar-refractivity contribution is 7.93. The molecule has 0 radical (unpaired) electrons. The van der Waals surface area contributed by atoms with Gasteiger partial charge < -0.3 is 9.30 Å². The van der Waals surface area contributed by atoms with Crippen LogP contribution in [0, 0.1) is 12.8 Å². The molecule has 1 fully saturated rings. The van der Waals surface area contributed by atoms with E-state index in [0.717, 1.165) is 22.8 Å². The van der Waals surface area contributed by atoms with Crippen LogP contribution >= 0.6 is 23.2 Å². The van der Waals surface area contributed by atoms with Gasteiger partial charge in [0.05, 0.1) is 24.3 Å². The van der Waals surface area contributed by atoms with Crippen molar-refractivity contribution in [1.82, 2.24) is 14.3 Å². The third-order valence-corrected chi connectivity index (χ3v) is 7.95. The van der Waals surface area contributed by atoms with Gasteiger partial charge in [0.25, 0.3) is 15.9 Å². The van der Waals surface area contributed by atoms with Crippen LogP contribution in [-0.4, -0.2) is 30.5 Å². The topological polar surface area (TPSA) is 90.3 Å². The summed E-state index contributed by atoms with van der Waals surface area (Å²) in [7, 11) is -3.98. The number of imidazole rings is 1. The average molecular weight is 575 g/mol. The predicted molar refractivity (Wildman–Crippen MR) is 152 cm³/mol. The van der Waals surface area contributed by atoms with Crippen molar-refractivity contribution in [2.75, 3.05) is 6.61 Å². The molecule has 1 amide bonds. The van der Waals surface area contributed by atoms with Crippen molar-refractivity contribution in [2.45, 2.75) is 39.2 Å². The summed E-state index contributed by atoms with van der Waals surface area (Å²) >= 11 is 12.9. The fourth-order valence-electron chi connectivity index (χ4n) is 4.31. The summed E-state index contributed by atoms with van der Waals surface area (Å²) in [6, 6.07) is 14.5. The molecule has 0 atom stereocenters. The molecule has 3 aromatic rings. The highest BCUT2D eigenvalue weighted by Crippen LogP contribution is 2.29. The monoisotopic (exact) mass is 573 g/mol. The van der Waals surface area contributed by atoms with Crippen LogP contribution in [0.4, 0.5) is 0 Å². The summed E-state index contributed by atoms with van der Waals surface area (Å²) in [5.74, 6) is 1.13. The second-order valence-electron chi connectivity index (χ2n) is 9.19. The molecule has 0 unspecified atom stereocenters. The molecule has 38 heavy (non-hydrogen) atoms. The number of amides is 1. The van der Waals surface area contributed by atoms with Crippen LogP contribution in [0.15, 0.2) is 60.0 Å². The van der Waals surface area contributed by atoms with Gasteiger partial charge in [-0.2, -0.15) is 0 Å². The van der Waals surface area contributed by atoms with E-state index in [0.29, 0.717) is 41.2 Å². The van der Waals surface area contributed by atoms with E-state index in [9.17, 15) is 13.2 Å². The molecule has 4 rings (SSSR count). The quantitative estimate of drug-likeness (QED) is 0.290. The molecule has 1 aromatic heterocycles. The summed E-state index contributed by atoms with van der Waals surface area (Å²) in [4.78, 5) is 16.7. The second kappa shape index (κ2) is 12.7. The molecule has 7 nitrogen and oxygen atoms in total. The minimum atomic E-state index is -3.98. The summed E-state index contributed by atoms with van der Waals surface area (Å²) < 4.78 is 34.3. The normalized spacial score (nSPS) is 14.5. The van der Waals surface area contributed by atoms with Gasteiger partial charge in [0, 0.05) is 11.1 Å². The molecule has 0 saturated heterocycles. The maximum Gasteiger partial charge on any atom is 0.257 e. The lowest BCUT2D eigenvalue weighted by atomic mass is 10.1. The van der Waals surface area contributed by atoms with Gasteiger partial charge in [-0.1, -0.05) is 72.4 Å². The largest absolute Gasteiger partial charge is 0.493 e. The zero-order valence-corrected chi connectivity index (χ0v) is 23.3. The molecule has 0 bridgehead atoms. The Kier molecular flexibility index (Phi) is 9.31. The van der Waals surface area contributed by atoms with Crippen LogP contribution in [0.2, 0.25) is 10.2 Å². The molecule has 0 spiro atoms.